The monoisotopic (exact) mass is 413 g/mol. The number of H-pyrrole nitrogens is 1. The number of carbonyl (C=O) groups is 1. The Hall–Kier alpha value is -2.91. The number of hydrogen-bond acceptors (Lipinski definition) is 5. The summed E-state index contributed by atoms with van der Waals surface area (Å²) >= 11 is 0. The van der Waals surface area contributed by atoms with Gasteiger partial charge in [0.25, 0.3) is 5.91 Å². The first-order chi connectivity index (χ1) is 13.8. The molecule has 0 radical (unpaired) electrons. The Morgan fingerprint density at radius 2 is 1.76 bits per heavy atom. The molecule has 1 amide bonds. The fraction of sp³-hybridized carbons (Fsp3) is 0.474. The molecule has 1 aromatic carbocycles. The predicted molar refractivity (Wildman–Crippen MR) is 98.4 cm³/mol. The van der Waals surface area contributed by atoms with Crippen LogP contribution in [0.4, 0.5) is 13.2 Å². The van der Waals surface area contributed by atoms with Gasteiger partial charge in [0.15, 0.2) is 11.5 Å². The van der Waals surface area contributed by atoms with Gasteiger partial charge in [-0.25, -0.2) is 0 Å². The number of nitrogens with zero attached hydrogens (tertiary/aromatic N) is 2. The van der Waals surface area contributed by atoms with E-state index in [0.717, 1.165) is 4.90 Å². The second-order valence-corrected chi connectivity index (χ2v) is 6.63. The summed E-state index contributed by atoms with van der Waals surface area (Å²) in [6.45, 7) is 0.0571. The van der Waals surface area contributed by atoms with Crippen LogP contribution in [0.1, 0.15) is 29.8 Å². The lowest BCUT2D eigenvalue weighted by Gasteiger charge is -2.36. The number of methoxy groups -OCH3 is 3. The largest absolute Gasteiger partial charge is 0.493 e. The van der Waals surface area contributed by atoms with Crippen molar-refractivity contribution >= 4 is 5.91 Å². The third kappa shape index (κ3) is 4.10. The molecule has 1 aliphatic rings. The molecule has 0 spiro atoms. The molecule has 10 heteroatoms. The van der Waals surface area contributed by atoms with Crippen molar-refractivity contribution < 1.29 is 32.2 Å². The first-order valence-electron chi connectivity index (χ1n) is 9.03. The Kier molecular flexibility index (Phi) is 5.90. The van der Waals surface area contributed by atoms with Crippen LogP contribution in [-0.2, 0) is 0 Å². The quantitative estimate of drug-likeness (QED) is 0.810. The van der Waals surface area contributed by atoms with Crippen molar-refractivity contribution in [3.8, 4) is 28.5 Å². The Bertz CT molecular complexity index is 857. The second-order valence-electron chi connectivity index (χ2n) is 6.63. The van der Waals surface area contributed by atoms with E-state index < -0.39 is 18.1 Å². The van der Waals surface area contributed by atoms with Crippen LogP contribution in [0, 0.1) is 0 Å². The van der Waals surface area contributed by atoms with E-state index in [1.54, 1.807) is 12.1 Å². The standard InChI is InChI=1S/C19H22F3N3O4/c1-27-14-8-11(9-15(28-2)17(14)29-3)12-10-13(24-23-12)18(26)25-7-5-4-6-16(25)19(20,21)22/h8-10,16H,4-7H2,1-3H3,(H,23,24). The van der Waals surface area contributed by atoms with Crippen LogP contribution >= 0.6 is 0 Å². The number of aromatic amines is 1. The highest BCUT2D eigenvalue weighted by atomic mass is 19.4. The average molecular weight is 413 g/mol. The molecule has 2 aromatic rings. The second kappa shape index (κ2) is 8.22. The van der Waals surface area contributed by atoms with Crippen LogP contribution in [-0.4, -0.2) is 61.1 Å². The van der Waals surface area contributed by atoms with Crippen molar-refractivity contribution in [2.75, 3.05) is 27.9 Å². The minimum absolute atomic E-state index is 0.00935. The molecule has 0 bridgehead atoms. The third-order valence-electron chi connectivity index (χ3n) is 4.91. The SMILES string of the molecule is COc1cc(-c2cc(C(=O)N3CCCCC3C(F)(F)F)[nH]n2)cc(OC)c1OC. The first-order valence-corrected chi connectivity index (χ1v) is 9.03. The summed E-state index contributed by atoms with van der Waals surface area (Å²) in [5.41, 5.74) is 0.916. The van der Waals surface area contributed by atoms with E-state index >= 15 is 0 Å². The van der Waals surface area contributed by atoms with Crippen molar-refractivity contribution in [3.63, 3.8) is 0 Å². The molecule has 7 nitrogen and oxygen atoms in total. The molecule has 1 atom stereocenters. The van der Waals surface area contributed by atoms with Gasteiger partial charge in [-0.15, -0.1) is 0 Å². The molecule has 3 rings (SSSR count). The zero-order valence-electron chi connectivity index (χ0n) is 16.3. The number of aromatic nitrogens is 2. The summed E-state index contributed by atoms with van der Waals surface area (Å²) in [7, 11) is 4.41. The van der Waals surface area contributed by atoms with Crippen LogP contribution in [0.2, 0.25) is 0 Å². The molecular formula is C19H22F3N3O4. The summed E-state index contributed by atoms with van der Waals surface area (Å²) in [6.07, 6.45) is -3.58. The van der Waals surface area contributed by atoms with Gasteiger partial charge in [-0.05, 0) is 37.5 Å². The van der Waals surface area contributed by atoms with E-state index in [4.69, 9.17) is 14.2 Å². The van der Waals surface area contributed by atoms with Gasteiger partial charge in [-0.1, -0.05) is 0 Å². The molecule has 1 aromatic heterocycles. The smallest absolute Gasteiger partial charge is 0.408 e. The molecule has 1 saturated heterocycles. The number of rotatable bonds is 5. The highest BCUT2D eigenvalue weighted by molar-refractivity contribution is 5.93. The predicted octanol–water partition coefficient (Wildman–Crippen LogP) is 3.66. The van der Waals surface area contributed by atoms with E-state index in [-0.39, 0.29) is 18.7 Å². The van der Waals surface area contributed by atoms with Crippen molar-refractivity contribution in [2.24, 2.45) is 0 Å². The van der Waals surface area contributed by atoms with Gasteiger partial charge >= 0.3 is 6.18 Å². The van der Waals surface area contributed by atoms with E-state index in [9.17, 15) is 18.0 Å². The van der Waals surface area contributed by atoms with Gasteiger partial charge < -0.3 is 19.1 Å². The first kappa shape index (κ1) is 20.8. The topological polar surface area (TPSA) is 76.7 Å². The van der Waals surface area contributed by atoms with Gasteiger partial charge in [-0.3, -0.25) is 9.89 Å². The molecule has 0 saturated carbocycles. The number of piperidine rings is 1. The maximum Gasteiger partial charge on any atom is 0.408 e. The summed E-state index contributed by atoms with van der Waals surface area (Å²) < 4.78 is 55.8. The molecule has 158 valence electrons. The summed E-state index contributed by atoms with van der Waals surface area (Å²) in [6, 6.07) is 2.93. The summed E-state index contributed by atoms with van der Waals surface area (Å²) in [5.74, 6) is 0.460. The Labute approximate surface area is 165 Å². The molecule has 29 heavy (non-hydrogen) atoms. The number of nitrogens with one attached hydrogen (secondary N) is 1. The number of halogens is 3. The molecule has 1 aliphatic heterocycles. The lowest BCUT2D eigenvalue weighted by Crippen LogP contribution is -2.51. The third-order valence-corrected chi connectivity index (χ3v) is 4.91. The van der Waals surface area contributed by atoms with Crippen molar-refractivity contribution in [1.29, 1.82) is 0 Å². The number of hydrogen-bond donors (Lipinski definition) is 1. The number of benzene rings is 1. The van der Waals surface area contributed by atoms with Crippen LogP contribution in [0.3, 0.4) is 0 Å². The fourth-order valence-electron chi connectivity index (χ4n) is 3.48. The number of likely N-dealkylation sites (tertiary alicyclic amines) is 1. The lowest BCUT2D eigenvalue weighted by molar-refractivity contribution is -0.183. The molecule has 1 N–H and O–H groups in total. The molecular weight excluding hydrogens is 391 g/mol. The van der Waals surface area contributed by atoms with E-state index in [1.165, 1.54) is 27.4 Å². The van der Waals surface area contributed by atoms with Crippen LogP contribution in [0.5, 0.6) is 17.2 Å². The van der Waals surface area contributed by atoms with Gasteiger partial charge in [0.1, 0.15) is 11.7 Å². The molecule has 2 heterocycles. The average Bonchev–Trinajstić information content (AvgIpc) is 3.21. The molecule has 1 fully saturated rings. The van der Waals surface area contributed by atoms with Gasteiger partial charge in [-0.2, -0.15) is 18.3 Å². The van der Waals surface area contributed by atoms with Gasteiger partial charge in [0, 0.05) is 12.1 Å². The summed E-state index contributed by atoms with van der Waals surface area (Å²) in [5, 5.41) is 6.65. The molecule has 0 aliphatic carbocycles. The summed E-state index contributed by atoms with van der Waals surface area (Å²) in [4.78, 5) is 13.6. The number of amides is 1. The van der Waals surface area contributed by atoms with Gasteiger partial charge in [0.2, 0.25) is 5.75 Å². The Morgan fingerprint density at radius 1 is 1.10 bits per heavy atom. The van der Waals surface area contributed by atoms with Crippen molar-refractivity contribution in [1.82, 2.24) is 15.1 Å². The lowest BCUT2D eigenvalue weighted by atomic mass is 10.0. The Balaban J connectivity index is 1.92. The minimum Gasteiger partial charge on any atom is -0.493 e. The minimum atomic E-state index is -4.46. The molecule has 1 unspecified atom stereocenters. The van der Waals surface area contributed by atoms with E-state index in [2.05, 4.69) is 10.2 Å². The van der Waals surface area contributed by atoms with Crippen LogP contribution < -0.4 is 14.2 Å². The number of carbonyl (C=O) groups excluding carboxylic acids is 1. The van der Waals surface area contributed by atoms with Crippen LogP contribution in [0.25, 0.3) is 11.3 Å². The van der Waals surface area contributed by atoms with Gasteiger partial charge in [0.05, 0.1) is 27.0 Å². The highest BCUT2D eigenvalue weighted by Crippen LogP contribution is 2.41. The maximum atomic E-state index is 13.3. The highest BCUT2D eigenvalue weighted by Gasteiger charge is 2.46. The zero-order valence-corrected chi connectivity index (χ0v) is 16.3. The van der Waals surface area contributed by atoms with E-state index in [0.29, 0.717) is 41.3 Å². The normalized spacial score (nSPS) is 17.2. The van der Waals surface area contributed by atoms with E-state index in [1.807, 2.05) is 0 Å². The van der Waals surface area contributed by atoms with Crippen molar-refractivity contribution in [2.45, 2.75) is 31.5 Å². The van der Waals surface area contributed by atoms with Crippen molar-refractivity contribution in [3.05, 3.63) is 23.9 Å². The van der Waals surface area contributed by atoms with Crippen LogP contribution in [0.15, 0.2) is 18.2 Å². The fourth-order valence-corrected chi connectivity index (χ4v) is 3.48. The Morgan fingerprint density at radius 3 is 2.31 bits per heavy atom. The zero-order chi connectivity index (χ0) is 21.2. The number of ether oxygens (including phenoxy) is 3. The number of alkyl halides is 3. The maximum absolute atomic E-state index is 13.3.